The molecule has 1 aromatic heterocycles. The van der Waals surface area contributed by atoms with E-state index in [0.29, 0.717) is 18.5 Å². The molecule has 0 aliphatic carbocycles. The normalized spacial score (nSPS) is 17.1. The Morgan fingerprint density at radius 2 is 2.11 bits per heavy atom. The van der Waals surface area contributed by atoms with Crippen LogP contribution in [0.2, 0.25) is 0 Å². The van der Waals surface area contributed by atoms with Gasteiger partial charge in [-0.3, -0.25) is 9.69 Å². The average molecular weight is 391 g/mol. The first-order valence-electron chi connectivity index (χ1n) is 9.34. The number of carbonyl (C=O) groups excluding carboxylic acids is 1. The van der Waals surface area contributed by atoms with Gasteiger partial charge in [-0.15, -0.1) is 11.3 Å². The van der Waals surface area contributed by atoms with Gasteiger partial charge in [-0.1, -0.05) is 6.07 Å². The number of benzene rings is 1. The van der Waals surface area contributed by atoms with Crippen LogP contribution in [-0.4, -0.2) is 40.5 Å². The number of anilines is 1. The number of hydrogen-bond donors (Lipinski definition) is 2. The van der Waals surface area contributed by atoms with Crippen LogP contribution in [0, 0.1) is 12.7 Å². The van der Waals surface area contributed by atoms with Gasteiger partial charge >= 0.3 is 0 Å². The Bertz CT molecular complexity index is 784. The second kappa shape index (κ2) is 8.35. The molecule has 5 nitrogen and oxygen atoms in total. The van der Waals surface area contributed by atoms with Crippen LogP contribution in [0.5, 0.6) is 0 Å². The van der Waals surface area contributed by atoms with E-state index in [0.717, 1.165) is 25.3 Å². The van der Waals surface area contributed by atoms with Crippen LogP contribution in [0.3, 0.4) is 0 Å². The number of amides is 1. The number of nitrogens with one attached hydrogen (secondary N) is 2. The Balaban J connectivity index is 1.73. The molecular formula is C20H27FN4OS. The van der Waals surface area contributed by atoms with Crippen molar-refractivity contribution in [1.82, 2.24) is 15.2 Å². The van der Waals surface area contributed by atoms with Crippen molar-refractivity contribution in [3.8, 4) is 0 Å². The second-order valence-corrected chi connectivity index (χ2v) is 8.42. The Labute approximate surface area is 164 Å². The molecule has 1 aromatic carbocycles. The third kappa shape index (κ3) is 4.84. The van der Waals surface area contributed by atoms with E-state index < -0.39 is 5.54 Å². The zero-order valence-corrected chi connectivity index (χ0v) is 16.9. The average Bonchev–Trinajstić information content (AvgIpc) is 3.01. The molecule has 0 atom stereocenters. The minimum Gasteiger partial charge on any atom is -0.371 e. The summed E-state index contributed by atoms with van der Waals surface area (Å²) in [6.45, 7) is 8.39. The van der Waals surface area contributed by atoms with Crippen LogP contribution < -0.4 is 10.6 Å². The first-order chi connectivity index (χ1) is 12.9. The first-order valence-corrected chi connectivity index (χ1v) is 10.2. The summed E-state index contributed by atoms with van der Waals surface area (Å²) in [4.78, 5) is 20.9. The van der Waals surface area contributed by atoms with Gasteiger partial charge in [-0.25, -0.2) is 9.37 Å². The summed E-state index contributed by atoms with van der Waals surface area (Å²) in [5.41, 5.74) is 2.87. The van der Waals surface area contributed by atoms with Gasteiger partial charge in [0.1, 0.15) is 11.4 Å². The van der Waals surface area contributed by atoms with Crippen LogP contribution in [0.1, 0.15) is 37.3 Å². The number of hydrogen-bond acceptors (Lipinski definition) is 5. The van der Waals surface area contributed by atoms with Gasteiger partial charge in [0.25, 0.3) is 0 Å². The van der Waals surface area contributed by atoms with Gasteiger partial charge in [-0.2, -0.15) is 0 Å². The van der Waals surface area contributed by atoms with Crippen molar-refractivity contribution in [2.75, 3.05) is 18.4 Å². The number of rotatable bonds is 6. The van der Waals surface area contributed by atoms with E-state index in [2.05, 4.69) is 20.5 Å². The van der Waals surface area contributed by atoms with E-state index in [9.17, 15) is 9.18 Å². The molecule has 1 saturated heterocycles. The summed E-state index contributed by atoms with van der Waals surface area (Å²) in [6, 6.07) is 6.37. The highest BCUT2D eigenvalue weighted by atomic mass is 32.1. The molecular weight excluding hydrogens is 363 g/mol. The molecule has 3 rings (SSSR count). The highest BCUT2D eigenvalue weighted by molar-refractivity contribution is 7.09. The van der Waals surface area contributed by atoms with Crippen LogP contribution in [-0.2, 0) is 11.3 Å². The Morgan fingerprint density at radius 1 is 1.37 bits per heavy atom. The molecule has 2 aromatic rings. The lowest BCUT2D eigenvalue weighted by molar-refractivity contribution is -0.127. The molecule has 1 aliphatic heterocycles. The molecule has 2 N–H and O–H groups in total. The predicted octanol–water partition coefficient (Wildman–Crippen LogP) is 3.56. The largest absolute Gasteiger partial charge is 0.371 e. The highest BCUT2D eigenvalue weighted by Crippen LogP contribution is 2.29. The fraction of sp³-hybridized carbons (Fsp3) is 0.500. The summed E-state index contributed by atoms with van der Waals surface area (Å²) < 4.78 is 13.6. The maximum absolute atomic E-state index is 13.6. The topological polar surface area (TPSA) is 57.3 Å². The Hall–Kier alpha value is -1.99. The Kier molecular flexibility index (Phi) is 6.11. The molecule has 0 spiro atoms. The van der Waals surface area contributed by atoms with E-state index in [1.54, 1.807) is 23.5 Å². The molecule has 27 heavy (non-hydrogen) atoms. The van der Waals surface area contributed by atoms with Gasteiger partial charge in [0.15, 0.2) is 0 Å². The van der Waals surface area contributed by atoms with E-state index in [4.69, 9.17) is 0 Å². The number of piperidine rings is 1. The minimum absolute atomic E-state index is 0.0182. The number of carbonyl (C=O) groups is 1. The first kappa shape index (κ1) is 19.8. The van der Waals surface area contributed by atoms with Gasteiger partial charge in [0.05, 0.1) is 11.2 Å². The van der Waals surface area contributed by atoms with Gasteiger partial charge in [0.2, 0.25) is 5.91 Å². The van der Waals surface area contributed by atoms with Gasteiger partial charge in [0, 0.05) is 36.2 Å². The van der Waals surface area contributed by atoms with Crippen molar-refractivity contribution in [3.63, 3.8) is 0 Å². The summed E-state index contributed by atoms with van der Waals surface area (Å²) >= 11 is 1.67. The lowest BCUT2D eigenvalue weighted by atomic mass is 9.85. The molecule has 0 unspecified atom stereocenters. The number of nitrogens with zero attached hydrogens (tertiary/aromatic N) is 2. The highest BCUT2D eigenvalue weighted by Gasteiger charge is 2.41. The Morgan fingerprint density at radius 3 is 2.70 bits per heavy atom. The van der Waals surface area contributed by atoms with E-state index in [-0.39, 0.29) is 17.8 Å². The molecule has 0 saturated carbocycles. The molecule has 1 fully saturated rings. The lowest BCUT2D eigenvalue weighted by Gasteiger charge is -2.42. The monoisotopic (exact) mass is 390 g/mol. The van der Waals surface area contributed by atoms with Crippen LogP contribution in [0.15, 0.2) is 29.8 Å². The minimum atomic E-state index is -0.725. The molecule has 146 valence electrons. The lowest BCUT2D eigenvalue weighted by Crippen LogP contribution is -2.59. The van der Waals surface area contributed by atoms with Crippen molar-refractivity contribution in [1.29, 1.82) is 0 Å². The van der Waals surface area contributed by atoms with Crippen molar-refractivity contribution < 1.29 is 9.18 Å². The van der Waals surface area contributed by atoms with Crippen molar-refractivity contribution in [3.05, 3.63) is 46.2 Å². The third-order valence-corrected chi connectivity index (χ3v) is 5.90. The van der Waals surface area contributed by atoms with E-state index >= 15 is 0 Å². The zero-order valence-electron chi connectivity index (χ0n) is 16.1. The summed E-state index contributed by atoms with van der Waals surface area (Å²) in [5, 5.41) is 6.38. The van der Waals surface area contributed by atoms with Crippen LogP contribution in [0.25, 0.3) is 0 Å². The fourth-order valence-electron chi connectivity index (χ4n) is 3.43. The molecule has 7 heteroatoms. The summed E-state index contributed by atoms with van der Waals surface area (Å²) in [7, 11) is 0. The molecule has 1 aliphatic rings. The number of halogens is 1. The van der Waals surface area contributed by atoms with Crippen molar-refractivity contribution in [2.45, 2.75) is 51.7 Å². The smallest absolute Gasteiger partial charge is 0.245 e. The number of thiazole rings is 1. The third-order valence-electron chi connectivity index (χ3n) is 4.98. The number of likely N-dealkylation sites (tertiary alicyclic amines) is 1. The quantitative estimate of drug-likeness (QED) is 0.792. The SMILES string of the molecule is Cc1ncsc1CN1CCC(Nc2cccc(F)c2)(C(=O)NC(C)C)CC1. The molecule has 0 radical (unpaired) electrons. The molecule has 0 bridgehead atoms. The molecule has 1 amide bonds. The molecule has 2 heterocycles. The van der Waals surface area contributed by atoms with E-state index in [1.807, 2.05) is 26.3 Å². The van der Waals surface area contributed by atoms with Crippen LogP contribution >= 0.6 is 11.3 Å². The zero-order chi connectivity index (χ0) is 19.4. The van der Waals surface area contributed by atoms with Gasteiger partial charge < -0.3 is 10.6 Å². The standard InChI is InChI=1S/C20H27FN4OS/c1-14(2)23-19(26)20(24-17-6-4-5-16(21)11-17)7-9-25(10-8-20)12-18-15(3)22-13-27-18/h4-6,11,13-14,24H,7-10,12H2,1-3H3,(H,23,26). The van der Waals surface area contributed by atoms with E-state index in [1.165, 1.54) is 17.0 Å². The van der Waals surface area contributed by atoms with Crippen molar-refractivity contribution in [2.24, 2.45) is 0 Å². The maximum atomic E-state index is 13.6. The predicted molar refractivity (Wildman–Crippen MR) is 107 cm³/mol. The van der Waals surface area contributed by atoms with Gasteiger partial charge in [-0.05, 0) is 51.8 Å². The van der Waals surface area contributed by atoms with Crippen molar-refractivity contribution >= 4 is 22.9 Å². The fourth-order valence-corrected chi connectivity index (χ4v) is 4.24. The van der Waals surface area contributed by atoms with Crippen LogP contribution in [0.4, 0.5) is 10.1 Å². The maximum Gasteiger partial charge on any atom is 0.245 e. The number of aromatic nitrogens is 1. The second-order valence-electron chi connectivity index (χ2n) is 7.48. The summed E-state index contributed by atoms with van der Waals surface area (Å²) in [5.74, 6) is -0.326. The number of aryl methyl sites for hydroxylation is 1. The summed E-state index contributed by atoms with van der Waals surface area (Å²) in [6.07, 6.45) is 1.33.